The summed E-state index contributed by atoms with van der Waals surface area (Å²) in [7, 11) is -3.71. The Kier molecular flexibility index (Phi) is 4.26. The number of anilines is 1. The number of phenols is 1. The number of aromatic nitrogens is 2. The Balaban J connectivity index is 1.97. The predicted molar refractivity (Wildman–Crippen MR) is 96.7 cm³/mol. The minimum atomic E-state index is -3.71. The largest absolute Gasteiger partial charge is 0.506 e. The predicted octanol–water partition coefficient (Wildman–Crippen LogP) is 3.30. The monoisotopic (exact) mass is 357 g/mol. The zero-order valence-electron chi connectivity index (χ0n) is 14.2. The van der Waals surface area contributed by atoms with Gasteiger partial charge in [-0.1, -0.05) is 17.7 Å². The number of sulfonamides is 1. The first-order chi connectivity index (χ1) is 11.8. The van der Waals surface area contributed by atoms with Crippen LogP contribution in [0.3, 0.4) is 0 Å². The van der Waals surface area contributed by atoms with Crippen molar-refractivity contribution in [2.24, 2.45) is 0 Å². The highest BCUT2D eigenvalue weighted by Gasteiger charge is 2.16. The number of hydrogen-bond donors (Lipinski definition) is 2. The Morgan fingerprint density at radius 1 is 1.00 bits per heavy atom. The molecule has 0 radical (unpaired) electrons. The Labute approximate surface area is 146 Å². The average Bonchev–Trinajstić information content (AvgIpc) is 2.88. The molecular formula is C18H19N3O3S. The van der Waals surface area contributed by atoms with Crippen LogP contribution in [0.1, 0.15) is 17.0 Å². The van der Waals surface area contributed by atoms with Gasteiger partial charge in [0.1, 0.15) is 11.4 Å². The van der Waals surface area contributed by atoms with Crippen molar-refractivity contribution in [2.45, 2.75) is 25.7 Å². The molecule has 2 N–H and O–H groups in total. The highest BCUT2D eigenvalue weighted by molar-refractivity contribution is 7.92. The molecule has 7 heteroatoms. The summed E-state index contributed by atoms with van der Waals surface area (Å²) in [6.45, 7) is 5.61. The molecule has 0 aliphatic heterocycles. The molecule has 3 aromatic rings. The third-order valence-corrected chi connectivity index (χ3v) is 5.19. The summed E-state index contributed by atoms with van der Waals surface area (Å²) >= 11 is 0. The van der Waals surface area contributed by atoms with Crippen LogP contribution in [0.15, 0.2) is 53.4 Å². The fraction of sp³-hybridized carbons (Fsp3) is 0.167. The van der Waals surface area contributed by atoms with Crippen LogP contribution >= 0.6 is 0 Å². The fourth-order valence-corrected chi connectivity index (χ4v) is 3.61. The highest BCUT2D eigenvalue weighted by Crippen LogP contribution is 2.27. The van der Waals surface area contributed by atoms with Gasteiger partial charge in [0.2, 0.25) is 0 Å². The molecule has 1 heterocycles. The zero-order chi connectivity index (χ0) is 18.2. The van der Waals surface area contributed by atoms with Gasteiger partial charge < -0.3 is 5.11 Å². The number of phenolic OH excluding ortho intramolecular Hbond substituents is 1. The molecule has 25 heavy (non-hydrogen) atoms. The highest BCUT2D eigenvalue weighted by atomic mass is 32.2. The molecule has 0 amide bonds. The van der Waals surface area contributed by atoms with E-state index in [1.165, 1.54) is 12.1 Å². The fourth-order valence-electron chi connectivity index (χ4n) is 2.56. The van der Waals surface area contributed by atoms with Gasteiger partial charge >= 0.3 is 0 Å². The molecule has 0 unspecified atom stereocenters. The van der Waals surface area contributed by atoms with Crippen molar-refractivity contribution in [1.82, 2.24) is 9.78 Å². The number of rotatable bonds is 4. The van der Waals surface area contributed by atoms with Crippen molar-refractivity contribution in [3.8, 4) is 11.4 Å². The lowest BCUT2D eigenvalue weighted by atomic mass is 10.2. The first-order valence-corrected chi connectivity index (χ1v) is 9.21. The van der Waals surface area contributed by atoms with Gasteiger partial charge in [-0.15, -0.1) is 0 Å². The molecule has 0 spiro atoms. The summed E-state index contributed by atoms with van der Waals surface area (Å²) in [5, 5.41) is 14.5. The van der Waals surface area contributed by atoms with E-state index in [2.05, 4.69) is 9.82 Å². The van der Waals surface area contributed by atoms with Crippen molar-refractivity contribution in [1.29, 1.82) is 0 Å². The van der Waals surface area contributed by atoms with E-state index in [0.717, 1.165) is 17.0 Å². The van der Waals surface area contributed by atoms with Crippen molar-refractivity contribution in [3.63, 3.8) is 0 Å². The minimum Gasteiger partial charge on any atom is -0.506 e. The molecular weight excluding hydrogens is 338 g/mol. The molecule has 1 aromatic heterocycles. The van der Waals surface area contributed by atoms with Gasteiger partial charge in [-0.2, -0.15) is 5.10 Å². The van der Waals surface area contributed by atoms with Crippen LogP contribution in [0.4, 0.5) is 5.69 Å². The molecule has 130 valence electrons. The summed E-state index contributed by atoms with van der Waals surface area (Å²) in [4.78, 5) is 0.179. The number of aromatic hydroxyl groups is 1. The smallest absolute Gasteiger partial charge is 0.261 e. The normalized spacial score (nSPS) is 11.5. The third kappa shape index (κ3) is 3.51. The van der Waals surface area contributed by atoms with Gasteiger partial charge in [0.15, 0.2) is 0 Å². The quantitative estimate of drug-likeness (QED) is 0.702. The van der Waals surface area contributed by atoms with Gasteiger partial charge in [0, 0.05) is 5.69 Å². The first kappa shape index (κ1) is 17.0. The molecule has 0 aliphatic rings. The lowest BCUT2D eigenvalue weighted by Gasteiger charge is -2.12. The molecule has 0 atom stereocenters. The van der Waals surface area contributed by atoms with Crippen LogP contribution in [-0.4, -0.2) is 23.3 Å². The van der Waals surface area contributed by atoms with Gasteiger partial charge in [-0.25, -0.2) is 13.1 Å². The Hall–Kier alpha value is -2.80. The summed E-state index contributed by atoms with van der Waals surface area (Å²) in [6.07, 6.45) is 0. The molecule has 2 aromatic carbocycles. The zero-order valence-corrected chi connectivity index (χ0v) is 15.0. The molecule has 0 aliphatic carbocycles. The summed E-state index contributed by atoms with van der Waals surface area (Å²) < 4.78 is 29.2. The second-order valence-corrected chi connectivity index (χ2v) is 7.64. The SMILES string of the molecule is Cc1ccc(S(=O)(=O)Nc2ccc(O)c(-n3nc(C)cc3C)c2)cc1. The van der Waals surface area contributed by atoms with Crippen molar-refractivity contribution in [2.75, 3.05) is 4.72 Å². The van der Waals surface area contributed by atoms with Crippen LogP contribution in [0.25, 0.3) is 5.69 Å². The summed E-state index contributed by atoms with van der Waals surface area (Å²) in [5.41, 5.74) is 3.39. The van der Waals surface area contributed by atoms with Crippen LogP contribution in [-0.2, 0) is 10.0 Å². The number of benzene rings is 2. The van der Waals surface area contributed by atoms with E-state index in [-0.39, 0.29) is 10.6 Å². The summed E-state index contributed by atoms with van der Waals surface area (Å²) in [5.74, 6) is 0.0180. The van der Waals surface area contributed by atoms with Gasteiger partial charge in [-0.3, -0.25) is 4.72 Å². The Morgan fingerprint density at radius 2 is 1.68 bits per heavy atom. The van der Waals surface area contributed by atoms with E-state index in [9.17, 15) is 13.5 Å². The summed E-state index contributed by atoms with van der Waals surface area (Å²) in [6, 6.07) is 13.0. The standard InChI is InChI=1S/C18H19N3O3S/c1-12-4-7-16(8-5-12)25(23,24)20-15-6-9-18(22)17(11-15)21-14(3)10-13(2)19-21/h4-11,20,22H,1-3H3. The Morgan fingerprint density at radius 3 is 2.28 bits per heavy atom. The van der Waals surface area contributed by atoms with E-state index < -0.39 is 10.0 Å². The van der Waals surface area contributed by atoms with Crippen molar-refractivity contribution in [3.05, 3.63) is 65.5 Å². The molecule has 0 fully saturated rings. The lowest BCUT2D eigenvalue weighted by molar-refractivity contribution is 0.470. The van der Waals surface area contributed by atoms with Gasteiger partial charge in [0.25, 0.3) is 10.0 Å². The number of aryl methyl sites for hydroxylation is 3. The van der Waals surface area contributed by atoms with Crippen LogP contribution < -0.4 is 4.72 Å². The van der Waals surface area contributed by atoms with Gasteiger partial charge in [0.05, 0.1) is 16.3 Å². The maximum Gasteiger partial charge on any atom is 0.261 e. The lowest BCUT2D eigenvalue weighted by Crippen LogP contribution is -2.13. The van der Waals surface area contributed by atoms with E-state index in [0.29, 0.717) is 11.4 Å². The Bertz CT molecular complexity index is 1020. The van der Waals surface area contributed by atoms with Crippen molar-refractivity contribution >= 4 is 15.7 Å². The van der Waals surface area contributed by atoms with Gasteiger partial charge in [-0.05, 0) is 57.2 Å². The number of hydrogen-bond acceptors (Lipinski definition) is 4. The maximum absolute atomic E-state index is 12.5. The van der Waals surface area contributed by atoms with E-state index in [1.807, 2.05) is 26.8 Å². The molecule has 3 rings (SSSR count). The number of nitrogens with one attached hydrogen (secondary N) is 1. The topological polar surface area (TPSA) is 84.2 Å². The molecule has 0 saturated carbocycles. The number of nitrogens with zero attached hydrogens (tertiary/aromatic N) is 2. The minimum absolute atomic E-state index is 0.0180. The van der Waals surface area contributed by atoms with E-state index in [1.54, 1.807) is 35.0 Å². The van der Waals surface area contributed by atoms with Crippen LogP contribution in [0.2, 0.25) is 0 Å². The molecule has 0 saturated heterocycles. The van der Waals surface area contributed by atoms with E-state index >= 15 is 0 Å². The molecule has 0 bridgehead atoms. The third-order valence-electron chi connectivity index (χ3n) is 3.80. The second-order valence-electron chi connectivity index (χ2n) is 5.96. The van der Waals surface area contributed by atoms with Crippen LogP contribution in [0, 0.1) is 20.8 Å². The average molecular weight is 357 g/mol. The second kappa shape index (κ2) is 6.25. The van der Waals surface area contributed by atoms with Crippen LogP contribution in [0.5, 0.6) is 5.75 Å². The van der Waals surface area contributed by atoms with E-state index in [4.69, 9.17) is 0 Å². The molecule has 6 nitrogen and oxygen atoms in total. The maximum atomic E-state index is 12.5. The first-order valence-electron chi connectivity index (χ1n) is 7.72. The van der Waals surface area contributed by atoms with Crippen molar-refractivity contribution < 1.29 is 13.5 Å².